The molecule has 0 saturated carbocycles. The molecule has 0 fully saturated rings. The van der Waals surface area contributed by atoms with Gasteiger partial charge in [0.15, 0.2) is 0 Å². The molecule has 6 heavy (non-hydrogen) atoms. The summed E-state index contributed by atoms with van der Waals surface area (Å²) >= 11 is 0. The third-order valence-electron chi connectivity index (χ3n) is 0. The van der Waals surface area contributed by atoms with Gasteiger partial charge in [-0.25, -0.2) is 0 Å². The molecule has 0 spiro atoms. The van der Waals surface area contributed by atoms with Gasteiger partial charge in [-0.05, 0) is 0 Å². The van der Waals surface area contributed by atoms with Gasteiger partial charge < -0.3 is 23.7 Å². The molecular formula is C2FeKN2. The Bertz CT molecular complexity index is 27.0. The van der Waals surface area contributed by atoms with Crippen LogP contribution in [0.15, 0.2) is 0 Å². The van der Waals surface area contributed by atoms with E-state index in [9.17, 15) is 0 Å². The zero-order valence-corrected chi connectivity index (χ0v) is 7.48. The minimum Gasteiger partial charge on any atom is -0.512 e. The molecule has 0 saturated heterocycles. The summed E-state index contributed by atoms with van der Waals surface area (Å²) in [5, 5.41) is 12.5. The van der Waals surface area contributed by atoms with Crippen molar-refractivity contribution < 1.29 is 17.1 Å². The van der Waals surface area contributed by atoms with Crippen LogP contribution < -0.4 is 0 Å². The standard InChI is InChI=1S/2CN.Fe.K/c2*1-2;;/q2*-1;+2;. The largest absolute Gasteiger partial charge is 2.00 e. The van der Waals surface area contributed by atoms with Crippen molar-refractivity contribution in [1.82, 2.24) is 0 Å². The van der Waals surface area contributed by atoms with Crippen molar-refractivity contribution in [2.75, 3.05) is 0 Å². The van der Waals surface area contributed by atoms with Gasteiger partial charge in [-0.1, -0.05) is 0 Å². The zero-order chi connectivity index (χ0) is 4.00. The molecule has 2 nitrogen and oxygen atoms in total. The minimum atomic E-state index is 0. The van der Waals surface area contributed by atoms with Gasteiger partial charge in [0.1, 0.15) is 0 Å². The molecular weight excluding hydrogens is 147 g/mol. The third-order valence-corrected chi connectivity index (χ3v) is 0. The predicted molar refractivity (Wildman–Crippen MR) is 15.7 cm³/mol. The van der Waals surface area contributed by atoms with E-state index in [-0.39, 0.29) is 68.5 Å². The molecule has 0 heterocycles. The average molecular weight is 147 g/mol. The summed E-state index contributed by atoms with van der Waals surface area (Å²) in [7, 11) is 0. The second-order valence-corrected chi connectivity index (χ2v) is 0. The molecule has 0 aliphatic heterocycles. The van der Waals surface area contributed by atoms with Crippen LogP contribution in [-0.4, -0.2) is 51.4 Å². The molecule has 0 rings (SSSR count). The topological polar surface area (TPSA) is 47.6 Å². The van der Waals surface area contributed by atoms with E-state index in [0.717, 1.165) is 0 Å². The zero-order valence-electron chi connectivity index (χ0n) is 3.25. The fourth-order valence-electron chi connectivity index (χ4n) is 0. The minimum absolute atomic E-state index is 0. The first kappa shape index (κ1) is 27.3. The number of hydrogen-bond acceptors (Lipinski definition) is 2. The van der Waals surface area contributed by atoms with E-state index in [0.29, 0.717) is 0 Å². The van der Waals surface area contributed by atoms with Gasteiger partial charge in [0.25, 0.3) is 0 Å². The molecule has 0 bridgehead atoms. The first-order valence-electron chi connectivity index (χ1n) is 0.447. The SMILES string of the molecule is [C-]#N.[C-]#N.[Fe+2].[K]. The molecule has 4 heteroatoms. The smallest absolute Gasteiger partial charge is 0.512 e. The van der Waals surface area contributed by atoms with Gasteiger partial charge in [-0.15, -0.1) is 0 Å². The normalized spacial score (nSPS) is 0.667. The van der Waals surface area contributed by atoms with Crippen LogP contribution in [0.1, 0.15) is 0 Å². The summed E-state index contributed by atoms with van der Waals surface area (Å²) in [6.45, 7) is 9.50. The Morgan fingerprint density at radius 2 is 0.833 bits per heavy atom. The van der Waals surface area contributed by atoms with Crippen LogP contribution in [0.2, 0.25) is 0 Å². The average Bonchev–Trinajstić information content (AvgIpc) is 1.50. The number of nitrogens with zero attached hydrogens (tertiary/aromatic N) is 2. The van der Waals surface area contributed by atoms with Gasteiger partial charge in [-0.3, -0.25) is 0 Å². The van der Waals surface area contributed by atoms with Crippen LogP contribution >= 0.6 is 0 Å². The fourth-order valence-corrected chi connectivity index (χ4v) is 0. The van der Waals surface area contributed by atoms with Gasteiger partial charge >= 0.3 is 17.1 Å². The van der Waals surface area contributed by atoms with E-state index in [4.69, 9.17) is 23.7 Å². The summed E-state index contributed by atoms with van der Waals surface area (Å²) < 4.78 is 0. The van der Waals surface area contributed by atoms with Crippen molar-refractivity contribution in [3.8, 4) is 0 Å². The molecule has 0 aliphatic rings. The van der Waals surface area contributed by atoms with E-state index >= 15 is 0 Å². The molecule has 1 radical (unpaired) electrons. The van der Waals surface area contributed by atoms with E-state index in [1.807, 2.05) is 0 Å². The first-order valence-corrected chi connectivity index (χ1v) is 0.447. The Balaban J connectivity index is -0.00000000500. The summed E-state index contributed by atoms with van der Waals surface area (Å²) in [6, 6.07) is 0. The second kappa shape index (κ2) is 125. The molecule has 0 aromatic rings. The van der Waals surface area contributed by atoms with Gasteiger partial charge in [0.2, 0.25) is 0 Å². The predicted octanol–water partition coefficient (Wildman–Crippen LogP) is -0.191. The van der Waals surface area contributed by atoms with E-state index in [1.54, 1.807) is 0 Å². The maximum Gasteiger partial charge on any atom is 2.00 e. The second-order valence-electron chi connectivity index (χ2n) is 0. The van der Waals surface area contributed by atoms with Gasteiger partial charge in [0.05, 0.1) is 0 Å². The third kappa shape index (κ3) is 68.1. The molecule has 0 aromatic heterocycles. The van der Waals surface area contributed by atoms with Crippen LogP contribution in [0.4, 0.5) is 0 Å². The molecule has 0 N–H and O–H groups in total. The van der Waals surface area contributed by atoms with Crippen molar-refractivity contribution in [2.45, 2.75) is 0 Å². The van der Waals surface area contributed by atoms with Gasteiger partial charge in [-0.2, -0.15) is 0 Å². The number of hydrogen-bond donors (Lipinski definition) is 0. The van der Waals surface area contributed by atoms with Crippen molar-refractivity contribution in [3.05, 3.63) is 13.1 Å². The Morgan fingerprint density at radius 3 is 0.833 bits per heavy atom. The Morgan fingerprint density at radius 1 is 0.833 bits per heavy atom. The van der Waals surface area contributed by atoms with Crippen LogP contribution in [0.5, 0.6) is 0 Å². The van der Waals surface area contributed by atoms with Crippen molar-refractivity contribution in [1.29, 1.82) is 10.5 Å². The van der Waals surface area contributed by atoms with Crippen LogP contribution in [0.3, 0.4) is 0 Å². The first-order chi connectivity index (χ1) is 2.00. The van der Waals surface area contributed by atoms with Crippen molar-refractivity contribution >= 4 is 51.4 Å². The number of rotatable bonds is 0. The van der Waals surface area contributed by atoms with Crippen LogP contribution in [0.25, 0.3) is 0 Å². The van der Waals surface area contributed by atoms with Crippen LogP contribution in [0, 0.1) is 23.7 Å². The summed E-state index contributed by atoms with van der Waals surface area (Å²) in [4.78, 5) is 0. The Hall–Kier alpha value is 1.14. The van der Waals surface area contributed by atoms with E-state index in [1.165, 1.54) is 0 Å². The maximum atomic E-state index is 6.25. The molecule has 0 unspecified atom stereocenters. The van der Waals surface area contributed by atoms with E-state index < -0.39 is 0 Å². The van der Waals surface area contributed by atoms with Crippen molar-refractivity contribution in [3.63, 3.8) is 0 Å². The molecule has 0 amide bonds. The van der Waals surface area contributed by atoms with Gasteiger partial charge in [0, 0.05) is 51.4 Å². The Labute approximate surface area is 90.4 Å². The van der Waals surface area contributed by atoms with Crippen molar-refractivity contribution in [2.24, 2.45) is 0 Å². The maximum absolute atomic E-state index is 6.25. The summed E-state index contributed by atoms with van der Waals surface area (Å²) in [6.07, 6.45) is 0. The molecule has 0 aliphatic carbocycles. The summed E-state index contributed by atoms with van der Waals surface area (Å²) in [5.41, 5.74) is 0. The molecule has 27 valence electrons. The fraction of sp³-hybridized carbons (Fsp3) is 0. The van der Waals surface area contributed by atoms with Crippen LogP contribution in [-0.2, 0) is 17.1 Å². The monoisotopic (exact) mass is 147 g/mol. The van der Waals surface area contributed by atoms with E-state index in [2.05, 4.69) is 0 Å². The molecule has 0 atom stereocenters. The summed E-state index contributed by atoms with van der Waals surface area (Å²) in [5.74, 6) is 0. The quantitative estimate of drug-likeness (QED) is 0.352. The molecule has 0 aromatic carbocycles. The Kier molecular flexibility index (Phi) is 571.